The molecule has 4 heteroatoms. The van der Waals surface area contributed by atoms with Crippen LogP contribution in [0.3, 0.4) is 0 Å². The summed E-state index contributed by atoms with van der Waals surface area (Å²) in [6.45, 7) is 5.08. The van der Waals surface area contributed by atoms with E-state index in [1.54, 1.807) is 23.9 Å². The fourth-order valence-corrected chi connectivity index (χ4v) is 2.81. The summed E-state index contributed by atoms with van der Waals surface area (Å²) < 4.78 is 7.36. The maximum absolute atomic E-state index is 5.08. The van der Waals surface area contributed by atoms with Crippen LogP contribution in [0.5, 0.6) is 0 Å². The molecule has 0 unspecified atom stereocenters. The highest BCUT2D eigenvalue weighted by molar-refractivity contribution is 7.13. The van der Waals surface area contributed by atoms with Gasteiger partial charge >= 0.3 is 0 Å². The summed E-state index contributed by atoms with van der Waals surface area (Å²) >= 11 is 1.66. The minimum atomic E-state index is 0.832. The first-order valence-corrected chi connectivity index (χ1v) is 6.72. The molecule has 18 heavy (non-hydrogen) atoms. The van der Waals surface area contributed by atoms with Crippen molar-refractivity contribution in [3.63, 3.8) is 0 Å². The van der Waals surface area contributed by atoms with Crippen molar-refractivity contribution in [1.82, 2.24) is 9.55 Å². The van der Waals surface area contributed by atoms with Crippen molar-refractivity contribution in [3.8, 4) is 10.6 Å². The zero-order valence-electron chi connectivity index (χ0n) is 10.4. The standard InChI is InChI=1S/C14H14N2OS/c1-10-3-4-11(2)16(10)7-13-9-18-14(15-13)12-5-6-17-8-12/h3-6,8-9H,7H2,1-2H3. The number of thiazole rings is 1. The van der Waals surface area contributed by atoms with Crippen molar-refractivity contribution >= 4 is 11.3 Å². The third-order valence-corrected chi connectivity index (χ3v) is 4.00. The van der Waals surface area contributed by atoms with Crippen LogP contribution in [0.1, 0.15) is 17.1 Å². The molecule has 92 valence electrons. The van der Waals surface area contributed by atoms with Gasteiger partial charge < -0.3 is 8.98 Å². The van der Waals surface area contributed by atoms with Crippen LogP contribution in [-0.2, 0) is 6.54 Å². The molecule has 3 aromatic heterocycles. The molecule has 0 fully saturated rings. The minimum absolute atomic E-state index is 0.832. The molecule has 0 aliphatic rings. The minimum Gasteiger partial charge on any atom is -0.472 e. The quantitative estimate of drug-likeness (QED) is 0.714. The summed E-state index contributed by atoms with van der Waals surface area (Å²) in [4.78, 5) is 4.65. The Balaban J connectivity index is 1.87. The van der Waals surface area contributed by atoms with E-state index >= 15 is 0 Å². The Morgan fingerprint density at radius 3 is 2.67 bits per heavy atom. The van der Waals surface area contributed by atoms with Gasteiger partial charge in [-0.25, -0.2) is 4.98 Å². The zero-order valence-corrected chi connectivity index (χ0v) is 11.2. The van der Waals surface area contributed by atoms with Gasteiger partial charge in [0.25, 0.3) is 0 Å². The molecular weight excluding hydrogens is 244 g/mol. The van der Waals surface area contributed by atoms with Crippen molar-refractivity contribution in [2.75, 3.05) is 0 Å². The molecule has 0 aromatic carbocycles. The van der Waals surface area contributed by atoms with E-state index in [2.05, 4.69) is 40.9 Å². The molecule has 0 spiro atoms. The van der Waals surface area contributed by atoms with Crippen molar-refractivity contribution in [2.45, 2.75) is 20.4 Å². The lowest BCUT2D eigenvalue weighted by molar-refractivity contribution is 0.568. The molecule has 0 amide bonds. The number of rotatable bonds is 3. The summed E-state index contributed by atoms with van der Waals surface area (Å²) in [7, 11) is 0. The van der Waals surface area contributed by atoms with Gasteiger partial charge in [-0.2, -0.15) is 0 Å². The molecule has 0 bridgehead atoms. The summed E-state index contributed by atoms with van der Waals surface area (Å²) in [6, 6.07) is 6.21. The van der Waals surface area contributed by atoms with Gasteiger partial charge in [-0.05, 0) is 32.0 Å². The molecule has 0 saturated heterocycles. The second-order valence-electron chi connectivity index (χ2n) is 4.36. The zero-order chi connectivity index (χ0) is 12.5. The Morgan fingerprint density at radius 1 is 1.22 bits per heavy atom. The first-order valence-electron chi connectivity index (χ1n) is 5.84. The highest BCUT2D eigenvalue weighted by Crippen LogP contribution is 2.24. The fourth-order valence-electron chi connectivity index (χ4n) is 2.01. The fraction of sp³-hybridized carbons (Fsp3) is 0.214. The third-order valence-electron chi connectivity index (χ3n) is 3.06. The first-order chi connectivity index (χ1) is 8.74. The van der Waals surface area contributed by atoms with E-state index in [1.807, 2.05) is 6.07 Å². The van der Waals surface area contributed by atoms with Crippen LogP contribution in [0, 0.1) is 13.8 Å². The van der Waals surface area contributed by atoms with Crippen molar-refractivity contribution in [3.05, 3.63) is 53.2 Å². The maximum atomic E-state index is 5.08. The Kier molecular flexibility index (Phi) is 2.80. The van der Waals surface area contributed by atoms with Gasteiger partial charge in [0, 0.05) is 22.3 Å². The summed E-state index contributed by atoms with van der Waals surface area (Å²) in [5.41, 5.74) is 4.68. The van der Waals surface area contributed by atoms with Gasteiger partial charge in [0.15, 0.2) is 0 Å². The smallest absolute Gasteiger partial charge is 0.126 e. The molecule has 0 aliphatic carbocycles. The van der Waals surface area contributed by atoms with E-state index in [9.17, 15) is 0 Å². The van der Waals surface area contributed by atoms with E-state index in [0.717, 1.165) is 22.8 Å². The largest absolute Gasteiger partial charge is 0.472 e. The van der Waals surface area contributed by atoms with E-state index in [1.165, 1.54) is 11.4 Å². The normalized spacial score (nSPS) is 11.0. The van der Waals surface area contributed by atoms with Crippen LogP contribution in [0.4, 0.5) is 0 Å². The van der Waals surface area contributed by atoms with Crippen molar-refractivity contribution in [2.24, 2.45) is 0 Å². The highest BCUT2D eigenvalue weighted by Gasteiger charge is 2.08. The van der Waals surface area contributed by atoms with Gasteiger partial charge in [-0.1, -0.05) is 0 Å². The lowest BCUT2D eigenvalue weighted by atomic mass is 10.3. The molecule has 0 saturated carbocycles. The van der Waals surface area contributed by atoms with Gasteiger partial charge in [-0.15, -0.1) is 11.3 Å². The Bertz CT molecular complexity index is 630. The SMILES string of the molecule is Cc1ccc(C)n1Cc1csc(-c2ccoc2)n1. The highest BCUT2D eigenvalue weighted by atomic mass is 32.1. The van der Waals surface area contributed by atoms with E-state index in [-0.39, 0.29) is 0 Å². The first kappa shape index (κ1) is 11.3. The second kappa shape index (κ2) is 4.46. The average Bonchev–Trinajstić information content (AvgIpc) is 3.06. The van der Waals surface area contributed by atoms with Crippen LogP contribution in [0.25, 0.3) is 10.6 Å². The van der Waals surface area contributed by atoms with E-state index < -0.39 is 0 Å². The van der Waals surface area contributed by atoms with Crippen LogP contribution >= 0.6 is 11.3 Å². The van der Waals surface area contributed by atoms with Crippen molar-refractivity contribution < 1.29 is 4.42 Å². The lowest BCUT2D eigenvalue weighted by Crippen LogP contribution is -2.03. The van der Waals surface area contributed by atoms with Gasteiger partial charge in [0.1, 0.15) is 11.3 Å². The molecule has 3 nitrogen and oxygen atoms in total. The molecule has 0 aliphatic heterocycles. The number of hydrogen-bond donors (Lipinski definition) is 0. The number of aromatic nitrogens is 2. The molecule has 0 radical (unpaired) electrons. The van der Waals surface area contributed by atoms with Crippen LogP contribution in [0.2, 0.25) is 0 Å². The number of aryl methyl sites for hydroxylation is 2. The molecule has 3 rings (SSSR count). The van der Waals surface area contributed by atoms with Crippen LogP contribution in [0.15, 0.2) is 40.5 Å². The average molecular weight is 258 g/mol. The predicted octanol–water partition coefficient (Wildman–Crippen LogP) is 3.87. The van der Waals surface area contributed by atoms with Crippen LogP contribution < -0.4 is 0 Å². The molecule has 3 heterocycles. The molecule has 3 aromatic rings. The monoisotopic (exact) mass is 258 g/mol. The summed E-state index contributed by atoms with van der Waals surface area (Å²) in [5.74, 6) is 0. The summed E-state index contributed by atoms with van der Waals surface area (Å²) in [6.07, 6.45) is 3.41. The summed E-state index contributed by atoms with van der Waals surface area (Å²) in [5, 5.41) is 3.13. The number of furan rings is 1. The number of hydrogen-bond acceptors (Lipinski definition) is 3. The Labute approximate surface area is 110 Å². The van der Waals surface area contributed by atoms with Gasteiger partial charge in [0.2, 0.25) is 0 Å². The maximum Gasteiger partial charge on any atom is 0.126 e. The Hall–Kier alpha value is -1.81. The van der Waals surface area contributed by atoms with Gasteiger partial charge in [0.05, 0.1) is 18.5 Å². The van der Waals surface area contributed by atoms with E-state index in [0.29, 0.717) is 0 Å². The molecular formula is C14H14N2OS. The van der Waals surface area contributed by atoms with Crippen LogP contribution in [-0.4, -0.2) is 9.55 Å². The number of nitrogens with zero attached hydrogens (tertiary/aromatic N) is 2. The van der Waals surface area contributed by atoms with Crippen molar-refractivity contribution in [1.29, 1.82) is 0 Å². The second-order valence-corrected chi connectivity index (χ2v) is 5.22. The third kappa shape index (κ3) is 1.99. The predicted molar refractivity (Wildman–Crippen MR) is 72.8 cm³/mol. The van der Waals surface area contributed by atoms with E-state index in [4.69, 9.17) is 4.42 Å². The van der Waals surface area contributed by atoms with Gasteiger partial charge in [-0.3, -0.25) is 0 Å². The molecule has 0 N–H and O–H groups in total. The topological polar surface area (TPSA) is 31.0 Å². The lowest BCUT2D eigenvalue weighted by Gasteiger charge is -2.06. The Morgan fingerprint density at radius 2 is 2.00 bits per heavy atom. The molecule has 0 atom stereocenters.